The van der Waals surface area contributed by atoms with Crippen LogP contribution in [0, 0.1) is 34.9 Å². The van der Waals surface area contributed by atoms with Crippen molar-refractivity contribution < 1.29 is 40.3 Å². The van der Waals surface area contributed by atoms with Crippen LogP contribution >= 0.6 is 0 Å². The summed E-state index contributed by atoms with van der Waals surface area (Å²) >= 11 is 0. The Bertz CT molecular complexity index is 813. The van der Waals surface area contributed by atoms with E-state index in [9.17, 15) is 26.3 Å². The van der Waals surface area contributed by atoms with Crippen LogP contribution in [0.2, 0.25) is 0 Å². The van der Waals surface area contributed by atoms with E-state index >= 15 is 0 Å². The van der Waals surface area contributed by atoms with Crippen molar-refractivity contribution in [2.75, 3.05) is 0 Å². The smallest absolute Gasteiger partial charge is 0.484 e. The maximum absolute atomic E-state index is 13.8. The molecule has 0 heterocycles. The SMILES string of the molecule is Fc1cccc(F)c1OB(Oc1c(F)cccc1F)Oc1c(F)cccc1F. The van der Waals surface area contributed by atoms with Gasteiger partial charge in [0.1, 0.15) is 0 Å². The summed E-state index contributed by atoms with van der Waals surface area (Å²) in [7, 11) is -2.34. The lowest BCUT2D eigenvalue weighted by Gasteiger charge is -2.18. The van der Waals surface area contributed by atoms with Crippen LogP contribution < -0.4 is 14.0 Å². The summed E-state index contributed by atoms with van der Waals surface area (Å²) in [6.07, 6.45) is 0. The minimum absolute atomic E-state index is 0.822. The monoisotopic (exact) mass is 398 g/mol. The molecule has 28 heavy (non-hydrogen) atoms. The predicted molar refractivity (Wildman–Crippen MR) is 86.7 cm³/mol. The van der Waals surface area contributed by atoms with Gasteiger partial charge in [-0.2, -0.15) is 0 Å². The summed E-state index contributed by atoms with van der Waals surface area (Å²) < 4.78 is 97.5. The van der Waals surface area contributed by atoms with E-state index in [4.69, 9.17) is 14.0 Å². The number of hydrogen-bond acceptors (Lipinski definition) is 3. The molecule has 0 N–H and O–H groups in total. The standard InChI is InChI=1S/C18H9BF6O3/c20-10-4-1-5-11(21)16(10)26-19(27-17-12(22)6-2-7-13(17)23)28-18-14(24)8-3-9-15(18)25/h1-9H. The molecular weight excluding hydrogens is 389 g/mol. The molecule has 0 spiro atoms. The topological polar surface area (TPSA) is 27.7 Å². The van der Waals surface area contributed by atoms with E-state index in [-0.39, 0.29) is 0 Å². The lowest BCUT2D eigenvalue weighted by atomic mass is 10.1. The summed E-state index contributed by atoms with van der Waals surface area (Å²) in [5.41, 5.74) is 0. The normalized spacial score (nSPS) is 10.5. The Morgan fingerprint density at radius 1 is 0.429 bits per heavy atom. The van der Waals surface area contributed by atoms with E-state index < -0.39 is 59.5 Å². The Morgan fingerprint density at radius 3 is 0.857 bits per heavy atom. The van der Waals surface area contributed by atoms with Crippen molar-refractivity contribution in [3.05, 3.63) is 89.5 Å². The summed E-state index contributed by atoms with van der Waals surface area (Å²) in [5.74, 6) is -10.4. The van der Waals surface area contributed by atoms with Crippen molar-refractivity contribution in [1.82, 2.24) is 0 Å². The molecule has 0 bridgehead atoms. The van der Waals surface area contributed by atoms with Crippen LogP contribution in [-0.4, -0.2) is 7.32 Å². The molecule has 3 nitrogen and oxygen atoms in total. The van der Waals surface area contributed by atoms with Gasteiger partial charge >= 0.3 is 7.32 Å². The van der Waals surface area contributed by atoms with Crippen LogP contribution in [0.3, 0.4) is 0 Å². The van der Waals surface area contributed by atoms with Crippen LogP contribution in [0.4, 0.5) is 26.3 Å². The average Bonchev–Trinajstić information content (AvgIpc) is 2.64. The largest absolute Gasteiger partial charge is 0.864 e. The van der Waals surface area contributed by atoms with Crippen molar-refractivity contribution in [1.29, 1.82) is 0 Å². The second kappa shape index (κ2) is 8.16. The first-order valence-corrected chi connectivity index (χ1v) is 7.69. The zero-order chi connectivity index (χ0) is 20.3. The highest BCUT2D eigenvalue weighted by Gasteiger charge is 2.36. The Hall–Kier alpha value is -3.30. The molecule has 3 aromatic rings. The van der Waals surface area contributed by atoms with Crippen molar-refractivity contribution in [3.63, 3.8) is 0 Å². The van der Waals surface area contributed by atoms with Gasteiger partial charge < -0.3 is 14.0 Å². The van der Waals surface area contributed by atoms with Crippen molar-refractivity contribution >= 4 is 7.32 Å². The molecule has 0 fully saturated rings. The first kappa shape index (κ1) is 19.5. The molecule has 0 amide bonds. The lowest BCUT2D eigenvalue weighted by Crippen LogP contribution is -2.38. The Kier molecular flexibility index (Phi) is 5.67. The minimum Gasteiger partial charge on any atom is -0.484 e. The van der Waals surface area contributed by atoms with Crippen LogP contribution in [0.25, 0.3) is 0 Å². The molecule has 0 aliphatic heterocycles. The van der Waals surface area contributed by atoms with Crippen LogP contribution in [0.5, 0.6) is 17.2 Å². The number of halogens is 6. The zero-order valence-electron chi connectivity index (χ0n) is 13.8. The molecule has 0 unspecified atom stereocenters. The Morgan fingerprint density at radius 2 is 0.643 bits per heavy atom. The van der Waals surface area contributed by atoms with Crippen LogP contribution in [0.15, 0.2) is 54.6 Å². The highest BCUT2D eigenvalue weighted by atomic mass is 19.2. The van der Waals surface area contributed by atoms with Gasteiger partial charge in [0.25, 0.3) is 0 Å². The van der Waals surface area contributed by atoms with Crippen molar-refractivity contribution in [2.45, 2.75) is 0 Å². The van der Waals surface area contributed by atoms with Crippen molar-refractivity contribution in [3.8, 4) is 17.2 Å². The molecule has 0 aromatic heterocycles. The Balaban J connectivity index is 1.98. The molecule has 0 saturated heterocycles. The summed E-state index contributed by atoms with van der Waals surface area (Å²) in [6, 6.07) is 8.02. The van der Waals surface area contributed by atoms with Gasteiger partial charge in [-0.3, -0.25) is 0 Å². The molecule has 0 saturated carbocycles. The van der Waals surface area contributed by atoms with Gasteiger partial charge in [0, 0.05) is 0 Å². The zero-order valence-corrected chi connectivity index (χ0v) is 13.8. The second-order valence-corrected chi connectivity index (χ2v) is 5.29. The molecule has 144 valence electrons. The van der Waals surface area contributed by atoms with E-state index in [1.54, 1.807) is 0 Å². The van der Waals surface area contributed by atoms with Crippen LogP contribution in [-0.2, 0) is 0 Å². The highest BCUT2D eigenvalue weighted by molar-refractivity contribution is 6.39. The predicted octanol–water partition coefficient (Wildman–Crippen LogP) is 5.04. The quantitative estimate of drug-likeness (QED) is 0.430. The van der Waals surface area contributed by atoms with Crippen LogP contribution in [0.1, 0.15) is 0 Å². The summed E-state index contributed by atoms with van der Waals surface area (Å²) in [5, 5.41) is 0. The van der Waals surface area contributed by atoms with E-state index in [1.165, 1.54) is 0 Å². The van der Waals surface area contributed by atoms with Gasteiger partial charge in [-0.1, -0.05) is 18.2 Å². The van der Waals surface area contributed by atoms with Gasteiger partial charge in [-0.25, -0.2) is 26.3 Å². The maximum atomic E-state index is 13.8. The van der Waals surface area contributed by atoms with Gasteiger partial charge in [0.15, 0.2) is 52.2 Å². The first-order chi connectivity index (χ1) is 13.4. The highest BCUT2D eigenvalue weighted by Crippen LogP contribution is 2.28. The molecule has 0 radical (unpaired) electrons. The molecule has 0 aliphatic rings. The first-order valence-electron chi connectivity index (χ1n) is 7.69. The second-order valence-electron chi connectivity index (χ2n) is 5.29. The molecule has 0 atom stereocenters. The van der Waals surface area contributed by atoms with Gasteiger partial charge in [-0.05, 0) is 36.4 Å². The number of hydrogen-bond donors (Lipinski definition) is 0. The number of benzene rings is 3. The average molecular weight is 398 g/mol. The Labute approximate surface area is 155 Å². The fourth-order valence-electron chi connectivity index (χ4n) is 2.15. The maximum Gasteiger partial charge on any atom is 0.864 e. The van der Waals surface area contributed by atoms with E-state index in [2.05, 4.69) is 0 Å². The molecule has 3 aromatic carbocycles. The van der Waals surface area contributed by atoms with E-state index in [0.717, 1.165) is 54.6 Å². The molecule has 0 aliphatic carbocycles. The fraction of sp³-hybridized carbons (Fsp3) is 0. The third-order valence-electron chi connectivity index (χ3n) is 3.40. The third-order valence-corrected chi connectivity index (χ3v) is 3.40. The molecule has 10 heteroatoms. The van der Waals surface area contributed by atoms with Gasteiger partial charge in [0.2, 0.25) is 0 Å². The van der Waals surface area contributed by atoms with E-state index in [1.807, 2.05) is 0 Å². The number of para-hydroxylation sites is 3. The third kappa shape index (κ3) is 4.16. The minimum atomic E-state index is -2.34. The van der Waals surface area contributed by atoms with Gasteiger partial charge in [0.05, 0.1) is 0 Å². The van der Waals surface area contributed by atoms with Gasteiger partial charge in [-0.15, -0.1) is 0 Å². The molecule has 3 rings (SSSR count). The fourth-order valence-corrected chi connectivity index (χ4v) is 2.15. The number of rotatable bonds is 6. The lowest BCUT2D eigenvalue weighted by molar-refractivity contribution is 0.269. The summed E-state index contributed by atoms with van der Waals surface area (Å²) in [6.45, 7) is 0. The van der Waals surface area contributed by atoms with E-state index in [0.29, 0.717) is 0 Å². The van der Waals surface area contributed by atoms with Crippen molar-refractivity contribution in [2.24, 2.45) is 0 Å². The molecular formula is C18H9BF6O3. The summed E-state index contributed by atoms with van der Waals surface area (Å²) in [4.78, 5) is 0.